The van der Waals surface area contributed by atoms with Crippen LogP contribution in [0.2, 0.25) is 0 Å². The summed E-state index contributed by atoms with van der Waals surface area (Å²) >= 11 is 1.84. The third kappa shape index (κ3) is 5.08. The second kappa shape index (κ2) is 13.6. The highest BCUT2D eigenvalue weighted by Crippen LogP contribution is 2.64. The van der Waals surface area contributed by atoms with Gasteiger partial charge in [0.1, 0.15) is 0 Å². The van der Waals surface area contributed by atoms with Crippen LogP contribution in [0.4, 0.5) is 0 Å². The molecule has 13 rings (SSSR count). The van der Waals surface area contributed by atoms with Crippen LogP contribution < -0.4 is 0 Å². The number of rotatable bonds is 5. The van der Waals surface area contributed by atoms with Crippen molar-refractivity contribution >= 4 is 31.5 Å². The molecule has 2 aromatic heterocycles. The lowest BCUT2D eigenvalue weighted by molar-refractivity contribution is 0.796. The van der Waals surface area contributed by atoms with Crippen LogP contribution >= 0.6 is 11.3 Å². The Morgan fingerprint density at radius 1 is 0.290 bits per heavy atom. The summed E-state index contributed by atoms with van der Waals surface area (Å²) in [6.07, 6.45) is 0. The third-order valence-corrected chi connectivity index (χ3v) is 14.1. The minimum atomic E-state index is -0.495. The topological polar surface area (TPSA) is 38.7 Å². The SMILES string of the molecule is c1ccc(-c2nc(-c3ccc(-c4ccc5c(c4)sc4ccccc45)cc3)nc(-c3ccccc3-c3cccc4c3C3(c5ccccc5-c5ccccc53)c3ccccc3-4)n2)cc1. The van der Waals surface area contributed by atoms with E-state index in [4.69, 9.17) is 15.0 Å². The van der Waals surface area contributed by atoms with Gasteiger partial charge in [-0.2, -0.15) is 0 Å². The van der Waals surface area contributed by atoms with E-state index in [1.165, 1.54) is 75.8 Å². The Balaban J connectivity index is 0.984. The summed E-state index contributed by atoms with van der Waals surface area (Å²) in [4.78, 5) is 15.7. The van der Waals surface area contributed by atoms with Crippen LogP contribution in [0, 0.1) is 0 Å². The molecule has 9 aromatic carbocycles. The summed E-state index contributed by atoms with van der Waals surface area (Å²) in [5.74, 6) is 1.91. The van der Waals surface area contributed by atoms with Crippen molar-refractivity contribution < 1.29 is 0 Å². The van der Waals surface area contributed by atoms with E-state index < -0.39 is 5.41 Å². The van der Waals surface area contributed by atoms with Crippen LogP contribution in [0.25, 0.3) is 98.8 Å². The fourth-order valence-electron chi connectivity index (χ4n) is 10.4. The first-order valence-electron chi connectivity index (χ1n) is 21.1. The maximum absolute atomic E-state index is 5.33. The first-order valence-corrected chi connectivity index (χ1v) is 21.9. The van der Waals surface area contributed by atoms with E-state index >= 15 is 0 Å². The van der Waals surface area contributed by atoms with Crippen molar-refractivity contribution in [3.8, 4) is 78.7 Å². The highest BCUT2D eigenvalue weighted by atomic mass is 32.1. The molecule has 4 heteroatoms. The Morgan fingerprint density at radius 2 is 0.742 bits per heavy atom. The van der Waals surface area contributed by atoms with Gasteiger partial charge in [0, 0.05) is 36.9 Å². The molecule has 0 saturated heterocycles. The van der Waals surface area contributed by atoms with E-state index in [1.807, 2.05) is 29.5 Å². The second-order valence-electron chi connectivity index (χ2n) is 16.2. The molecule has 0 radical (unpaired) electrons. The van der Waals surface area contributed by atoms with Crippen LogP contribution in [0.5, 0.6) is 0 Å². The van der Waals surface area contributed by atoms with E-state index in [0.29, 0.717) is 17.5 Å². The average molecular weight is 806 g/mol. The number of nitrogens with zero attached hydrogens (tertiary/aromatic N) is 3. The molecular formula is C58H35N3S. The van der Waals surface area contributed by atoms with Gasteiger partial charge in [-0.25, -0.2) is 15.0 Å². The highest BCUT2D eigenvalue weighted by molar-refractivity contribution is 7.25. The van der Waals surface area contributed by atoms with Crippen molar-refractivity contribution in [2.45, 2.75) is 5.41 Å². The Morgan fingerprint density at radius 3 is 1.42 bits per heavy atom. The molecule has 0 saturated carbocycles. The van der Waals surface area contributed by atoms with Gasteiger partial charge in [-0.05, 0) is 78.9 Å². The molecule has 11 aromatic rings. The zero-order valence-corrected chi connectivity index (χ0v) is 34.3. The van der Waals surface area contributed by atoms with Crippen molar-refractivity contribution in [1.82, 2.24) is 15.0 Å². The lowest BCUT2D eigenvalue weighted by Crippen LogP contribution is -2.26. The molecule has 2 aliphatic rings. The van der Waals surface area contributed by atoms with Gasteiger partial charge in [-0.15, -0.1) is 11.3 Å². The van der Waals surface area contributed by atoms with E-state index in [-0.39, 0.29) is 0 Å². The predicted molar refractivity (Wildman–Crippen MR) is 256 cm³/mol. The largest absolute Gasteiger partial charge is 0.208 e. The zero-order valence-electron chi connectivity index (χ0n) is 33.5. The molecule has 62 heavy (non-hydrogen) atoms. The van der Waals surface area contributed by atoms with Gasteiger partial charge in [0.05, 0.1) is 5.41 Å². The second-order valence-corrected chi connectivity index (χ2v) is 17.3. The molecule has 0 aliphatic heterocycles. The number of benzene rings is 9. The van der Waals surface area contributed by atoms with E-state index in [2.05, 4.69) is 194 Å². The van der Waals surface area contributed by atoms with Crippen molar-refractivity contribution in [3.63, 3.8) is 0 Å². The van der Waals surface area contributed by atoms with Gasteiger partial charge in [-0.1, -0.05) is 200 Å². The summed E-state index contributed by atoms with van der Waals surface area (Å²) < 4.78 is 2.60. The van der Waals surface area contributed by atoms with Crippen LogP contribution in [-0.2, 0) is 5.41 Å². The molecule has 0 unspecified atom stereocenters. The van der Waals surface area contributed by atoms with Gasteiger partial charge < -0.3 is 0 Å². The molecule has 1 spiro atoms. The van der Waals surface area contributed by atoms with Crippen LogP contribution in [0.1, 0.15) is 22.3 Å². The number of aromatic nitrogens is 3. The van der Waals surface area contributed by atoms with Gasteiger partial charge in [-0.3, -0.25) is 0 Å². The maximum atomic E-state index is 5.33. The van der Waals surface area contributed by atoms with Crippen molar-refractivity contribution in [3.05, 3.63) is 235 Å². The Kier molecular flexibility index (Phi) is 7.69. The summed E-state index contributed by atoms with van der Waals surface area (Å²) in [6.45, 7) is 0. The highest BCUT2D eigenvalue weighted by Gasteiger charge is 2.52. The van der Waals surface area contributed by atoms with Gasteiger partial charge in [0.15, 0.2) is 17.5 Å². The molecule has 3 nitrogen and oxygen atoms in total. The number of hydrogen-bond acceptors (Lipinski definition) is 4. The molecule has 0 amide bonds. The number of fused-ring (bicyclic) bond motifs is 13. The Labute approximate surface area is 363 Å². The van der Waals surface area contributed by atoms with Gasteiger partial charge in [0.25, 0.3) is 0 Å². The Hall–Kier alpha value is -7.79. The fraction of sp³-hybridized carbons (Fsp3) is 0.0172. The Bertz CT molecular complexity index is 3520. The first-order chi connectivity index (χ1) is 30.7. The third-order valence-electron chi connectivity index (χ3n) is 13.0. The van der Waals surface area contributed by atoms with Gasteiger partial charge in [0.2, 0.25) is 0 Å². The molecule has 0 atom stereocenters. The molecular weight excluding hydrogens is 771 g/mol. The molecule has 2 heterocycles. The summed E-state index contributed by atoms with van der Waals surface area (Å²) in [5.41, 5.74) is 17.3. The summed E-state index contributed by atoms with van der Waals surface area (Å²) in [6, 6.07) is 76.7. The standard InChI is InChI=1S/C58H35N3S/c1-2-15-37(16-3-1)55-59-56(38-31-29-36(30-32-38)39-33-34-45-44-21-9-13-28-52(44)62-53(45)35-39)61-57(60-55)48-22-5-4-17-40(48)46-23-14-24-47-43-20-8-12-27-51(43)58(54(46)47)49-25-10-6-18-41(49)42-19-7-11-26-50(42)58/h1-35H. The van der Waals surface area contributed by atoms with Crippen molar-refractivity contribution in [2.75, 3.05) is 0 Å². The molecule has 2 aliphatic carbocycles. The normalized spacial score (nSPS) is 13.0. The lowest BCUT2D eigenvalue weighted by atomic mass is 9.68. The fourth-order valence-corrected chi connectivity index (χ4v) is 11.5. The number of hydrogen-bond donors (Lipinski definition) is 0. The summed E-state index contributed by atoms with van der Waals surface area (Å²) in [7, 11) is 0. The zero-order chi connectivity index (χ0) is 40.8. The predicted octanol–water partition coefficient (Wildman–Crippen LogP) is 14.9. The summed E-state index contributed by atoms with van der Waals surface area (Å²) in [5, 5.41) is 2.61. The average Bonchev–Trinajstić information content (AvgIpc) is 3.98. The molecule has 0 fully saturated rings. The number of thiophene rings is 1. The lowest BCUT2D eigenvalue weighted by Gasteiger charge is -2.32. The molecule has 288 valence electrons. The van der Waals surface area contributed by atoms with Crippen LogP contribution in [0.15, 0.2) is 212 Å². The minimum Gasteiger partial charge on any atom is -0.208 e. The first kappa shape index (κ1) is 35.0. The van der Waals surface area contributed by atoms with E-state index in [1.54, 1.807) is 0 Å². The monoisotopic (exact) mass is 805 g/mol. The molecule has 0 N–H and O–H groups in total. The van der Waals surface area contributed by atoms with E-state index in [9.17, 15) is 0 Å². The van der Waals surface area contributed by atoms with Crippen molar-refractivity contribution in [2.24, 2.45) is 0 Å². The smallest absolute Gasteiger partial charge is 0.164 e. The maximum Gasteiger partial charge on any atom is 0.164 e. The minimum absolute atomic E-state index is 0.495. The van der Waals surface area contributed by atoms with Gasteiger partial charge >= 0.3 is 0 Å². The van der Waals surface area contributed by atoms with Crippen molar-refractivity contribution in [1.29, 1.82) is 0 Å². The van der Waals surface area contributed by atoms with Crippen LogP contribution in [0.3, 0.4) is 0 Å². The molecule has 0 bridgehead atoms. The van der Waals surface area contributed by atoms with Crippen LogP contribution in [-0.4, -0.2) is 15.0 Å². The quantitative estimate of drug-likeness (QED) is 0.174. The van der Waals surface area contributed by atoms with E-state index in [0.717, 1.165) is 27.8 Å².